The molecule has 7 nitrogen and oxygen atoms in total. The Morgan fingerprint density at radius 3 is 2.78 bits per heavy atom. The number of carbonyl (C=O) groups excluding carboxylic acids is 2. The number of hydrazine groups is 1. The number of nitrogens with one attached hydrogen (secondary N) is 1. The van der Waals surface area contributed by atoms with E-state index in [0.717, 1.165) is 5.56 Å². The van der Waals surface area contributed by atoms with Crippen molar-refractivity contribution in [3.05, 3.63) is 23.9 Å². The van der Waals surface area contributed by atoms with Crippen molar-refractivity contribution in [3.63, 3.8) is 0 Å². The molecule has 1 aliphatic rings. The zero-order chi connectivity index (χ0) is 16.9. The number of nitrogens with zero attached hydrogens (tertiary/aromatic N) is 2. The molecule has 1 N–H and O–H groups in total. The lowest BCUT2D eigenvalue weighted by atomic mass is 9.84. The molecule has 0 bridgehead atoms. The van der Waals surface area contributed by atoms with Crippen LogP contribution in [0.1, 0.15) is 38.2 Å². The lowest BCUT2D eigenvalue weighted by Crippen LogP contribution is -2.42. The maximum Gasteiger partial charge on any atom is 0.305 e. The van der Waals surface area contributed by atoms with Crippen LogP contribution in [0.5, 0.6) is 5.88 Å². The third kappa shape index (κ3) is 3.98. The molecule has 1 aromatic heterocycles. The molecule has 0 saturated carbocycles. The van der Waals surface area contributed by atoms with E-state index in [0.29, 0.717) is 38.2 Å². The van der Waals surface area contributed by atoms with E-state index < -0.39 is 5.54 Å². The summed E-state index contributed by atoms with van der Waals surface area (Å²) in [6.45, 7) is 2.17. The van der Waals surface area contributed by atoms with Crippen LogP contribution in [0.3, 0.4) is 0 Å². The van der Waals surface area contributed by atoms with E-state index in [4.69, 9.17) is 9.47 Å². The van der Waals surface area contributed by atoms with Crippen LogP contribution in [-0.4, -0.2) is 42.6 Å². The molecule has 1 aromatic rings. The fraction of sp³-hybridized carbons (Fsp3) is 0.562. The zero-order valence-corrected chi connectivity index (χ0v) is 13.8. The minimum absolute atomic E-state index is 0.0111. The van der Waals surface area contributed by atoms with Crippen LogP contribution in [0.15, 0.2) is 18.3 Å². The largest absolute Gasteiger partial charge is 0.481 e. The molecule has 1 fully saturated rings. The van der Waals surface area contributed by atoms with Crippen molar-refractivity contribution in [3.8, 4) is 5.88 Å². The Morgan fingerprint density at radius 1 is 1.48 bits per heavy atom. The molecule has 0 aromatic carbocycles. The molecule has 7 heteroatoms. The Morgan fingerprint density at radius 2 is 2.26 bits per heavy atom. The average Bonchev–Trinajstić information content (AvgIpc) is 2.83. The van der Waals surface area contributed by atoms with Crippen molar-refractivity contribution in [1.29, 1.82) is 0 Å². The van der Waals surface area contributed by atoms with Gasteiger partial charge < -0.3 is 9.47 Å². The predicted octanol–water partition coefficient (Wildman–Crippen LogP) is 1.39. The van der Waals surface area contributed by atoms with Crippen LogP contribution in [0, 0.1) is 0 Å². The lowest BCUT2D eigenvalue weighted by Gasteiger charge is -2.29. The van der Waals surface area contributed by atoms with Crippen LogP contribution in [0.4, 0.5) is 0 Å². The van der Waals surface area contributed by atoms with Gasteiger partial charge >= 0.3 is 5.97 Å². The van der Waals surface area contributed by atoms with Crippen molar-refractivity contribution in [2.24, 2.45) is 0 Å². The Balaban J connectivity index is 2.13. The molecule has 1 aliphatic heterocycles. The second kappa shape index (κ2) is 7.41. The average molecular weight is 321 g/mol. The van der Waals surface area contributed by atoms with Crippen LogP contribution in [0.25, 0.3) is 0 Å². The van der Waals surface area contributed by atoms with E-state index in [1.165, 1.54) is 5.01 Å². The number of ether oxygens (including phenoxy) is 2. The lowest BCUT2D eigenvalue weighted by molar-refractivity contribution is -0.143. The first-order valence-electron chi connectivity index (χ1n) is 7.71. The first-order chi connectivity index (χ1) is 11.0. The van der Waals surface area contributed by atoms with Gasteiger partial charge in [0.25, 0.3) is 0 Å². The summed E-state index contributed by atoms with van der Waals surface area (Å²) in [5.74, 6) is 0.318. The summed E-state index contributed by atoms with van der Waals surface area (Å²) in [4.78, 5) is 27.8. The highest BCUT2D eigenvalue weighted by Crippen LogP contribution is 2.35. The van der Waals surface area contributed by atoms with E-state index in [9.17, 15) is 9.59 Å². The zero-order valence-electron chi connectivity index (χ0n) is 13.8. The molecule has 2 rings (SSSR count). The third-order valence-electron chi connectivity index (χ3n) is 4.00. The van der Waals surface area contributed by atoms with E-state index >= 15 is 0 Å². The number of rotatable bonds is 7. The van der Waals surface area contributed by atoms with Crippen molar-refractivity contribution >= 4 is 11.9 Å². The molecule has 1 amide bonds. The number of aromatic nitrogens is 1. The van der Waals surface area contributed by atoms with Gasteiger partial charge in [-0.25, -0.2) is 10.4 Å². The molecule has 126 valence electrons. The van der Waals surface area contributed by atoms with Gasteiger partial charge in [0.15, 0.2) is 0 Å². The third-order valence-corrected chi connectivity index (χ3v) is 4.00. The normalized spacial score (nSPS) is 20.7. The number of hydrogen-bond donors (Lipinski definition) is 1. The molecular weight excluding hydrogens is 298 g/mol. The van der Waals surface area contributed by atoms with E-state index in [-0.39, 0.29) is 11.9 Å². The van der Waals surface area contributed by atoms with Gasteiger partial charge in [0.2, 0.25) is 11.8 Å². The smallest absolute Gasteiger partial charge is 0.305 e. The molecule has 1 saturated heterocycles. The fourth-order valence-electron chi connectivity index (χ4n) is 2.81. The number of carbonyl (C=O) groups is 2. The first-order valence-corrected chi connectivity index (χ1v) is 7.71. The molecule has 0 aliphatic carbocycles. The Kier molecular flexibility index (Phi) is 5.54. The number of methoxy groups -OCH3 is 1. The highest BCUT2D eigenvalue weighted by atomic mass is 16.5. The van der Waals surface area contributed by atoms with Gasteiger partial charge in [0, 0.05) is 25.7 Å². The van der Waals surface area contributed by atoms with Gasteiger partial charge in [-0.1, -0.05) is 6.07 Å². The van der Waals surface area contributed by atoms with Crippen molar-refractivity contribution in [2.75, 3.05) is 20.8 Å². The van der Waals surface area contributed by atoms with E-state index in [1.807, 2.05) is 6.07 Å². The second-order valence-electron chi connectivity index (χ2n) is 5.57. The molecule has 0 spiro atoms. The molecule has 0 radical (unpaired) electrons. The topological polar surface area (TPSA) is 80.8 Å². The Hall–Kier alpha value is -2.15. The van der Waals surface area contributed by atoms with Gasteiger partial charge in [-0.05, 0) is 25.3 Å². The quantitative estimate of drug-likeness (QED) is 0.764. The summed E-state index contributed by atoms with van der Waals surface area (Å²) in [6.07, 6.45) is 3.64. The van der Waals surface area contributed by atoms with Crippen LogP contribution in [0.2, 0.25) is 0 Å². The molecule has 23 heavy (non-hydrogen) atoms. The van der Waals surface area contributed by atoms with Crippen LogP contribution < -0.4 is 10.2 Å². The van der Waals surface area contributed by atoms with Crippen molar-refractivity contribution in [1.82, 2.24) is 15.4 Å². The van der Waals surface area contributed by atoms with Crippen molar-refractivity contribution < 1.29 is 19.1 Å². The minimum atomic E-state index is -0.544. The molecule has 2 heterocycles. The summed E-state index contributed by atoms with van der Waals surface area (Å²) in [5, 5.41) is 1.49. The van der Waals surface area contributed by atoms with Gasteiger partial charge in [0.05, 0.1) is 25.7 Å². The molecular formula is C16H23N3O4. The maximum atomic E-state index is 12.0. The Labute approximate surface area is 135 Å². The number of hydrogen-bond acceptors (Lipinski definition) is 6. The van der Waals surface area contributed by atoms with Crippen LogP contribution >= 0.6 is 0 Å². The first kappa shape index (κ1) is 17.2. The summed E-state index contributed by atoms with van der Waals surface area (Å²) >= 11 is 0. The molecule has 1 atom stereocenters. The van der Waals surface area contributed by atoms with Crippen LogP contribution in [-0.2, 0) is 19.9 Å². The van der Waals surface area contributed by atoms with E-state index in [1.54, 1.807) is 33.3 Å². The summed E-state index contributed by atoms with van der Waals surface area (Å²) < 4.78 is 10.0. The highest BCUT2D eigenvalue weighted by Gasteiger charge is 2.42. The SMILES string of the molecule is CCOC(=O)CCCC1(c2ccc(OC)nc2)CC(=O)N(C)N1. The summed E-state index contributed by atoms with van der Waals surface area (Å²) in [6, 6.07) is 3.67. The number of esters is 1. The van der Waals surface area contributed by atoms with Gasteiger partial charge in [-0.2, -0.15) is 0 Å². The standard InChI is InChI=1S/C16H23N3O4/c1-4-23-15(21)6-5-9-16(10-14(20)19(2)18-16)12-7-8-13(22-3)17-11-12/h7-8,11,18H,4-6,9-10H2,1-3H3. The predicted molar refractivity (Wildman–Crippen MR) is 83.5 cm³/mol. The maximum absolute atomic E-state index is 12.0. The summed E-state index contributed by atoms with van der Waals surface area (Å²) in [7, 11) is 3.26. The van der Waals surface area contributed by atoms with Gasteiger partial charge in [-0.15, -0.1) is 0 Å². The van der Waals surface area contributed by atoms with Crippen molar-refractivity contribution in [2.45, 2.75) is 38.1 Å². The van der Waals surface area contributed by atoms with Gasteiger partial charge in [-0.3, -0.25) is 14.6 Å². The monoisotopic (exact) mass is 321 g/mol. The summed E-state index contributed by atoms with van der Waals surface area (Å²) in [5.41, 5.74) is 3.59. The minimum Gasteiger partial charge on any atom is -0.481 e. The van der Waals surface area contributed by atoms with E-state index in [2.05, 4.69) is 10.4 Å². The number of amides is 1. The highest BCUT2D eigenvalue weighted by molar-refractivity contribution is 5.79. The molecule has 1 unspecified atom stereocenters. The van der Waals surface area contributed by atoms with Gasteiger partial charge in [0.1, 0.15) is 0 Å². The Bertz CT molecular complexity index is 561. The second-order valence-corrected chi connectivity index (χ2v) is 5.57. The number of pyridine rings is 1. The fourth-order valence-corrected chi connectivity index (χ4v) is 2.81.